The number of halogens is 2. The number of rotatable bonds is 5. The Morgan fingerprint density at radius 1 is 1.16 bits per heavy atom. The molecule has 31 heavy (non-hydrogen) atoms. The van der Waals surface area contributed by atoms with Gasteiger partial charge in [0, 0.05) is 12.3 Å². The first kappa shape index (κ1) is 22.7. The summed E-state index contributed by atoms with van der Waals surface area (Å²) in [7, 11) is 0. The van der Waals surface area contributed by atoms with Crippen molar-refractivity contribution in [2.75, 3.05) is 5.32 Å². The van der Waals surface area contributed by atoms with Gasteiger partial charge in [-0.1, -0.05) is 19.9 Å². The van der Waals surface area contributed by atoms with Crippen LogP contribution in [0.3, 0.4) is 0 Å². The minimum absolute atomic E-state index is 0.258. The largest absolute Gasteiger partial charge is 0.485 e. The molecule has 0 saturated heterocycles. The van der Waals surface area contributed by atoms with E-state index < -0.39 is 29.1 Å². The average Bonchev–Trinajstić information content (AvgIpc) is 2.69. The van der Waals surface area contributed by atoms with Crippen LogP contribution in [-0.4, -0.2) is 22.5 Å². The second-order valence-electron chi connectivity index (χ2n) is 8.51. The fourth-order valence-corrected chi connectivity index (χ4v) is 3.88. The Morgan fingerprint density at radius 3 is 2.42 bits per heavy atom. The molecule has 0 radical (unpaired) electrons. The monoisotopic (exact) mass is 431 g/mol. The Bertz CT molecular complexity index is 937. The lowest BCUT2D eigenvalue weighted by Crippen LogP contribution is -2.38. The van der Waals surface area contributed by atoms with E-state index in [0.29, 0.717) is 17.6 Å². The van der Waals surface area contributed by atoms with Crippen LogP contribution >= 0.6 is 0 Å². The maximum absolute atomic E-state index is 13.8. The highest BCUT2D eigenvalue weighted by atomic mass is 19.1. The van der Waals surface area contributed by atoms with Crippen molar-refractivity contribution in [2.45, 2.75) is 52.1 Å². The lowest BCUT2D eigenvalue weighted by Gasteiger charge is -2.39. The SMILES string of the molecule is CC(C)C1CCC(C)(Oc2ccncc2NC(=O)NC(=O)c2c(F)cccc2F)CC1. The van der Waals surface area contributed by atoms with Crippen molar-refractivity contribution < 1.29 is 23.1 Å². The molecule has 3 rings (SSSR count). The van der Waals surface area contributed by atoms with E-state index in [1.165, 1.54) is 6.20 Å². The molecule has 1 aromatic heterocycles. The first-order valence-corrected chi connectivity index (χ1v) is 10.4. The second kappa shape index (κ2) is 9.41. The van der Waals surface area contributed by atoms with E-state index in [-0.39, 0.29) is 11.3 Å². The first-order chi connectivity index (χ1) is 14.7. The van der Waals surface area contributed by atoms with Crippen LogP contribution in [-0.2, 0) is 0 Å². The molecule has 2 aromatic rings. The summed E-state index contributed by atoms with van der Waals surface area (Å²) in [5.41, 5.74) is -0.949. The van der Waals surface area contributed by atoms with Crippen LogP contribution in [0.5, 0.6) is 5.75 Å². The van der Waals surface area contributed by atoms with Gasteiger partial charge < -0.3 is 10.1 Å². The molecule has 6 nitrogen and oxygen atoms in total. The van der Waals surface area contributed by atoms with Gasteiger partial charge in [-0.3, -0.25) is 15.1 Å². The summed E-state index contributed by atoms with van der Waals surface area (Å²) in [4.78, 5) is 28.4. The van der Waals surface area contributed by atoms with Crippen LogP contribution in [0, 0.1) is 23.5 Å². The normalized spacial score (nSPS) is 20.9. The molecular formula is C23H27F2N3O3. The number of benzene rings is 1. The first-order valence-electron chi connectivity index (χ1n) is 10.4. The van der Waals surface area contributed by atoms with Gasteiger partial charge in [0.15, 0.2) is 0 Å². The number of anilines is 1. The Labute approximate surface area is 180 Å². The Hall–Kier alpha value is -3.03. The summed E-state index contributed by atoms with van der Waals surface area (Å²) in [6.07, 6.45) is 6.83. The van der Waals surface area contributed by atoms with Gasteiger partial charge in [-0.2, -0.15) is 0 Å². The van der Waals surface area contributed by atoms with Gasteiger partial charge in [0.25, 0.3) is 5.91 Å². The lowest BCUT2D eigenvalue weighted by atomic mass is 9.75. The summed E-state index contributed by atoms with van der Waals surface area (Å²) < 4.78 is 33.8. The molecule has 3 amide bonds. The minimum atomic E-state index is -1.18. The number of nitrogens with one attached hydrogen (secondary N) is 2. The van der Waals surface area contributed by atoms with E-state index in [4.69, 9.17) is 4.74 Å². The number of carbonyl (C=O) groups is 2. The summed E-state index contributed by atoms with van der Waals surface area (Å²) in [5, 5.41) is 4.41. The third-order valence-electron chi connectivity index (χ3n) is 5.83. The molecule has 0 atom stereocenters. The molecule has 1 fully saturated rings. The van der Waals surface area contributed by atoms with E-state index >= 15 is 0 Å². The van der Waals surface area contributed by atoms with E-state index in [2.05, 4.69) is 24.1 Å². The van der Waals surface area contributed by atoms with Crippen molar-refractivity contribution >= 4 is 17.6 Å². The van der Waals surface area contributed by atoms with E-state index in [1.807, 2.05) is 12.2 Å². The van der Waals surface area contributed by atoms with Crippen LogP contribution in [0.1, 0.15) is 56.8 Å². The molecule has 0 aliphatic heterocycles. The maximum Gasteiger partial charge on any atom is 0.326 e. The quantitative estimate of drug-likeness (QED) is 0.673. The summed E-state index contributed by atoms with van der Waals surface area (Å²) in [5.74, 6) is -1.58. The smallest absolute Gasteiger partial charge is 0.326 e. The van der Waals surface area contributed by atoms with Gasteiger partial charge in [-0.25, -0.2) is 13.6 Å². The fraction of sp³-hybridized carbons (Fsp3) is 0.435. The summed E-state index contributed by atoms with van der Waals surface area (Å²) >= 11 is 0. The molecule has 0 spiro atoms. The molecule has 0 bridgehead atoms. The van der Waals surface area contributed by atoms with Crippen molar-refractivity contribution in [2.24, 2.45) is 11.8 Å². The second-order valence-corrected chi connectivity index (χ2v) is 8.51. The molecule has 2 N–H and O–H groups in total. The molecule has 166 valence electrons. The number of hydrogen-bond acceptors (Lipinski definition) is 4. The third kappa shape index (κ3) is 5.57. The van der Waals surface area contributed by atoms with E-state index in [1.54, 1.807) is 12.3 Å². The standard InChI is InChI=1S/C23H27F2N3O3/c1-14(2)15-7-10-23(3,11-8-15)31-19-9-12-26-13-18(19)27-22(30)28-21(29)20-16(24)5-4-6-17(20)25/h4-6,9,12-15H,7-8,10-11H2,1-3H3,(H2,27,28,29,30). The molecule has 1 heterocycles. The summed E-state index contributed by atoms with van der Waals surface area (Å²) in [6, 6.07) is 3.71. The van der Waals surface area contributed by atoms with E-state index in [0.717, 1.165) is 43.9 Å². The Morgan fingerprint density at radius 2 is 1.81 bits per heavy atom. The number of amides is 3. The molecule has 1 aromatic carbocycles. The van der Waals surface area contributed by atoms with Crippen molar-refractivity contribution in [1.82, 2.24) is 10.3 Å². The predicted molar refractivity (Wildman–Crippen MR) is 113 cm³/mol. The highest BCUT2D eigenvalue weighted by Crippen LogP contribution is 2.39. The number of urea groups is 1. The van der Waals surface area contributed by atoms with Crippen molar-refractivity contribution in [3.8, 4) is 5.75 Å². The molecule has 1 aliphatic carbocycles. The van der Waals surface area contributed by atoms with Crippen molar-refractivity contribution in [3.63, 3.8) is 0 Å². The lowest BCUT2D eigenvalue weighted by molar-refractivity contribution is 0.0255. The number of nitrogens with zero attached hydrogens (tertiary/aromatic N) is 1. The van der Waals surface area contributed by atoms with Crippen molar-refractivity contribution in [3.05, 3.63) is 53.9 Å². The molecule has 0 unspecified atom stereocenters. The van der Waals surface area contributed by atoms with Crippen LogP contribution in [0.25, 0.3) is 0 Å². The Balaban J connectivity index is 1.67. The van der Waals surface area contributed by atoms with Crippen LogP contribution in [0.15, 0.2) is 36.7 Å². The fourth-order valence-electron chi connectivity index (χ4n) is 3.88. The van der Waals surface area contributed by atoms with Crippen molar-refractivity contribution in [1.29, 1.82) is 0 Å². The topological polar surface area (TPSA) is 80.3 Å². The number of hydrogen-bond donors (Lipinski definition) is 2. The average molecular weight is 431 g/mol. The number of ether oxygens (including phenoxy) is 1. The number of aromatic nitrogens is 1. The van der Waals surface area contributed by atoms with Crippen LogP contribution in [0.4, 0.5) is 19.3 Å². The highest BCUT2D eigenvalue weighted by molar-refractivity contribution is 6.08. The molecule has 1 aliphatic rings. The zero-order valence-electron chi connectivity index (χ0n) is 17.9. The van der Waals surface area contributed by atoms with Gasteiger partial charge in [0.2, 0.25) is 0 Å². The summed E-state index contributed by atoms with van der Waals surface area (Å²) in [6.45, 7) is 6.50. The van der Waals surface area contributed by atoms with Crippen LogP contribution < -0.4 is 15.4 Å². The zero-order chi connectivity index (χ0) is 22.6. The van der Waals surface area contributed by atoms with Gasteiger partial charge in [-0.05, 0) is 56.6 Å². The Kier molecular flexibility index (Phi) is 6.87. The van der Waals surface area contributed by atoms with Gasteiger partial charge >= 0.3 is 6.03 Å². The van der Waals surface area contributed by atoms with Gasteiger partial charge in [-0.15, -0.1) is 0 Å². The van der Waals surface area contributed by atoms with Gasteiger partial charge in [0.1, 0.15) is 34.2 Å². The minimum Gasteiger partial charge on any atom is -0.485 e. The number of carbonyl (C=O) groups excluding carboxylic acids is 2. The zero-order valence-corrected chi connectivity index (χ0v) is 17.9. The molecule has 8 heteroatoms. The third-order valence-corrected chi connectivity index (χ3v) is 5.83. The highest BCUT2D eigenvalue weighted by Gasteiger charge is 2.34. The number of pyridine rings is 1. The van der Waals surface area contributed by atoms with Gasteiger partial charge in [0.05, 0.1) is 6.20 Å². The predicted octanol–water partition coefficient (Wildman–Crippen LogP) is 5.31. The molecule has 1 saturated carbocycles. The number of imide groups is 1. The van der Waals surface area contributed by atoms with Crippen LogP contribution in [0.2, 0.25) is 0 Å². The molecular weight excluding hydrogens is 404 g/mol. The maximum atomic E-state index is 13.8. The van der Waals surface area contributed by atoms with E-state index in [9.17, 15) is 18.4 Å².